The molecule has 0 bridgehead atoms. The summed E-state index contributed by atoms with van der Waals surface area (Å²) < 4.78 is 0. The van der Waals surface area contributed by atoms with E-state index in [1.54, 1.807) is 0 Å². The molecule has 1 saturated carbocycles. The molecule has 1 saturated heterocycles. The lowest BCUT2D eigenvalue weighted by molar-refractivity contribution is 0.233. The first-order chi connectivity index (χ1) is 4.88. The summed E-state index contributed by atoms with van der Waals surface area (Å²) in [6.45, 7) is 3.62. The van der Waals surface area contributed by atoms with Gasteiger partial charge < -0.3 is 5.32 Å². The predicted octanol–water partition coefficient (Wildman–Crippen LogP) is 1.78. The SMILES string of the molecule is CC1NCCC2CCCC21. The Labute approximate surface area is 63.2 Å². The van der Waals surface area contributed by atoms with Crippen LogP contribution in [0.5, 0.6) is 0 Å². The van der Waals surface area contributed by atoms with Gasteiger partial charge in [-0.3, -0.25) is 0 Å². The first-order valence-electron chi connectivity index (χ1n) is 4.61. The van der Waals surface area contributed by atoms with E-state index in [-0.39, 0.29) is 0 Å². The van der Waals surface area contributed by atoms with Crippen LogP contribution in [-0.4, -0.2) is 12.6 Å². The molecule has 3 atom stereocenters. The van der Waals surface area contributed by atoms with Crippen LogP contribution in [0.3, 0.4) is 0 Å². The van der Waals surface area contributed by atoms with E-state index in [9.17, 15) is 0 Å². The summed E-state index contributed by atoms with van der Waals surface area (Å²) in [6.07, 6.45) is 5.92. The molecule has 0 radical (unpaired) electrons. The van der Waals surface area contributed by atoms with Gasteiger partial charge in [0.2, 0.25) is 0 Å². The highest BCUT2D eigenvalue weighted by molar-refractivity contribution is 4.88. The van der Waals surface area contributed by atoms with Crippen molar-refractivity contribution in [1.82, 2.24) is 5.32 Å². The molecule has 1 heteroatoms. The maximum Gasteiger partial charge on any atom is 0.00696 e. The van der Waals surface area contributed by atoms with Crippen molar-refractivity contribution < 1.29 is 0 Å². The molecule has 1 heterocycles. The predicted molar refractivity (Wildman–Crippen MR) is 42.9 cm³/mol. The largest absolute Gasteiger partial charge is 0.314 e. The van der Waals surface area contributed by atoms with Gasteiger partial charge in [-0.1, -0.05) is 12.8 Å². The number of nitrogens with one attached hydrogen (secondary N) is 1. The summed E-state index contributed by atoms with van der Waals surface area (Å²) >= 11 is 0. The second-order valence-electron chi connectivity index (χ2n) is 3.89. The molecule has 3 unspecified atom stereocenters. The Morgan fingerprint density at radius 3 is 2.90 bits per heavy atom. The minimum atomic E-state index is 0.807. The van der Waals surface area contributed by atoms with E-state index >= 15 is 0 Å². The molecular weight excluding hydrogens is 122 g/mol. The fourth-order valence-corrected chi connectivity index (χ4v) is 2.73. The maximum atomic E-state index is 3.55. The highest BCUT2D eigenvalue weighted by Gasteiger charge is 2.33. The molecule has 1 nitrogen and oxygen atoms in total. The van der Waals surface area contributed by atoms with Crippen LogP contribution in [0.25, 0.3) is 0 Å². The maximum absolute atomic E-state index is 3.55. The molecule has 1 aliphatic carbocycles. The zero-order valence-electron chi connectivity index (χ0n) is 6.77. The van der Waals surface area contributed by atoms with Crippen LogP contribution in [0.4, 0.5) is 0 Å². The van der Waals surface area contributed by atoms with Gasteiger partial charge in [0.05, 0.1) is 0 Å². The van der Waals surface area contributed by atoms with E-state index in [2.05, 4.69) is 12.2 Å². The highest BCUT2D eigenvalue weighted by Crippen LogP contribution is 2.38. The van der Waals surface area contributed by atoms with Crippen LogP contribution in [0.1, 0.15) is 32.6 Å². The zero-order chi connectivity index (χ0) is 6.97. The Morgan fingerprint density at radius 1 is 1.20 bits per heavy atom. The first kappa shape index (κ1) is 6.66. The average molecular weight is 139 g/mol. The molecular formula is C9H17N. The lowest BCUT2D eigenvalue weighted by Gasteiger charge is -2.32. The minimum absolute atomic E-state index is 0.807. The summed E-state index contributed by atoms with van der Waals surface area (Å²) in [7, 11) is 0. The highest BCUT2D eigenvalue weighted by atomic mass is 14.9. The number of hydrogen-bond donors (Lipinski definition) is 1. The number of rotatable bonds is 0. The van der Waals surface area contributed by atoms with Gasteiger partial charge in [-0.2, -0.15) is 0 Å². The molecule has 2 fully saturated rings. The van der Waals surface area contributed by atoms with Crippen molar-refractivity contribution in [2.75, 3.05) is 6.54 Å². The molecule has 1 N–H and O–H groups in total. The molecule has 2 aliphatic rings. The van der Waals surface area contributed by atoms with Crippen molar-refractivity contribution in [1.29, 1.82) is 0 Å². The van der Waals surface area contributed by atoms with Gasteiger partial charge in [0, 0.05) is 6.04 Å². The van der Waals surface area contributed by atoms with Crippen LogP contribution < -0.4 is 5.32 Å². The van der Waals surface area contributed by atoms with Gasteiger partial charge >= 0.3 is 0 Å². The number of hydrogen-bond acceptors (Lipinski definition) is 1. The summed E-state index contributed by atoms with van der Waals surface area (Å²) in [4.78, 5) is 0. The number of piperidine rings is 1. The van der Waals surface area contributed by atoms with Gasteiger partial charge in [0.1, 0.15) is 0 Å². The Morgan fingerprint density at radius 2 is 2.10 bits per heavy atom. The van der Waals surface area contributed by atoms with E-state index in [0.29, 0.717) is 0 Å². The third kappa shape index (κ3) is 0.968. The third-order valence-electron chi connectivity index (χ3n) is 3.34. The Balaban J connectivity index is 2.03. The summed E-state index contributed by atoms with van der Waals surface area (Å²) in [5.41, 5.74) is 0. The average Bonchev–Trinajstić information content (AvgIpc) is 2.36. The van der Waals surface area contributed by atoms with E-state index in [1.807, 2.05) is 0 Å². The fraction of sp³-hybridized carbons (Fsp3) is 1.00. The first-order valence-corrected chi connectivity index (χ1v) is 4.61. The second-order valence-corrected chi connectivity index (χ2v) is 3.89. The Kier molecular flexibility index (Phi) is 1.69. The smallest absolute Gasteiger partial charge is 0.00696 e. The van der Waals surface area contributed by atoms with Crippen molar-refractivity contribution in [2.45, 2.75) is 38.6 Å². The van der Waals surface area contributed by atoms with Crippen molar-refractivity contribution in [3.8, 4) is 0 Å². The monoisotopic (exact) mass is 139 g/mol. The summed E-state index contributed by atoms with van der Waals surface area (Å²) in [6, 6.07) is 0.807. The molecule has 0 aromatic rings. The Bertz CT molecular complexity index is 122. The number of fused-ring (bicyclic) bond motifs is 1. The quantitative estimate of drug-likeness (QED) is 0.539. The van der Waals surface area contributed by atoms with Crippen molar-refractivity contribution in [2.24, 2.45) is 11.8 Å². The van der Waals surface area contributed by atoms with Crippen LogP contribution in [0.15, 0.2) is 0 Å². The topological polar surface area (TPSA) is 12.0 Å². The molecule has 10 heavy (non-hydrogen) atoms. The second kappa shape index (κ2) is 2.54. The van der Waals surface area contributed by atoms with Crippen LogP contribution in [0, 0.1) is 11.8 Å². The molecule has 58 valence electrons. The van der Waals surface area contributed by atoms with Gasteiger partial charge in [-0.05, 0) is 38.1 Å². The summed E-state index contributed by atoms with van der Waals surface area (Å²) in [5.74, 6) is 2.10. The van der Waals surface area contributed by atoms with E-state index in [0.717, 1.165) is 17.9 Å². The van der Waals surface area contributed by atoms with Gasteiger partial charge in [-0.15, -0.1) is 0 Å². The normalized spacial score (nSPS) is 47.1. The third-order valence-corrected chi connectivity index (χ3v) is 3.34. The molecule has 0 aromatic carbocycles. The van der Waals surface area contributed by atoms with E-state index in [1.165, 1.54) is 32.2 Å². The molecule has 1 aliphatic heterocycles. The van der Waals surface area contributed by atoms with Gasteiger partial charge in [0.15, 0.2) is 0 Å². The van der Waals surface area contributed by atoms with Crippen molar-refractivity contribution in [3.63, 3.8) is 0 Å². The van der Waals surface area contributed by atoms with Crippen LogP contribution in [0.2, 0.25) is 0 Å². The molecule has 0 aromatic heterocycles. The standard InChI is InChI=1S/C9H17N/c1-7-9-4-2-3-8(9)5-6-10-7/h7-10H,2-6H2,1H3. The van der Waals surface area contributed by atoms with Crippen LogP contribution in [-0.2, 0) is 0 Å². The molecule has 0 amide bonds. The van der Waals surface area contributed by atoms with E-state index in [4.69, 9.17) is 0 Å². The fourth-order valence-electron chi connectivity index (χ4n) is 2.73. The lowest BCUT2D eigenvalue weighted by atomic mass is 9.84. The molecule has 0 spiro atoms. The van der Waals surface area contributed by atoms with Crippen molar-refractivity contribution >= 4 is 0 Å². The lowest BCUT2D eigenvalue weighted by Crippen LogP contribution is -2.41. The Hall–Kier alpha value is -0.0400. The molecule has 2 rings (SSSR count). The van der Waals surface area contributed by atoms with Crippen LogP contribution >= 0.6 is 0 Å². The minimum Gasteiger partial charge on any atom is -0.314 e. The van der Waals surface area contributed by atoms with Gasteiger partial charge in [-0.25, -0.2) is 0 Å². The van der Waals surface area contributed by atoms with Gasteiger partial charge in [0.25, 0.3) is 0 Å². The zero-order valence-corrected chi connectivity index (χ0v) is 6.77. The van der Waals surface area contributed by atoms with Crippen molar-refractivity contribution in [3.05, 3.63) is 0 Å². The summed E-state index contributed by atoms with van der Waals surface area (Å²) in [5, 5.41) is 3.55. The van der Waals surface area contributed by atoms with E-state index < -0.39 is 0 Å².